The molecule has 0 saturated heterocycles. The Bertz CT molecular complexity index is 1140. The van der Waals surface area contributed by atoms with Crippen LogP contribution in [-0.2, 0) is 27.9 Å². The van der Waals surface area contributed by atoms with Crippen LogP contribution in [0.25, 0.3) is 0 Å². The molecule has 13 heteroatoms. The highest BCUT2D eigenvalue weighted by molar-refractivity contribution is 7.47. The summed E-state index contributed by atoms with van der Waals surface area (Å²) in [6, 6.07) is 0. The number of unbranched alkanes of at least 4 members (excludes halogenated alkanes) is 28. The third-order valence-electron chi connectivity index (χ3n) is 12.0. The molecule has 6 atom stereocenters. The molecule has 0 aliphatic heterocycles. The molecule has 0 radical (unpaired) electrons. The summed E-state index contributed by atoms with van der Waals surface area (Å²) in [7, 11) is -5.02. The molecule has 0 bridgehead atoms. The number of hydrogen-bond donors (Lipinski definition) is 6. The first kappa shape index (κ1) is 59.8. The van der Waals surface area contributed by atoms with Crippen LogP contribution in [0.2, 0.25) is 0 Å². The van der Waals surface area contributed by atoms with Crippen molar-refractivity contribution >= 4 is 13.8 Å². The number of allylic oxidation sites excluding steroid dienone is 4. The SMILES string of the molecule is CCCCCCC/C=C\CCCCCCCCOCC(COP(=O)(O)OC1C(O)C(O)C(O)C(O)C1O)OC(=O)CCCCCCCCCCC/C=C\CCCCCCCCCC. The van der Waals surface area contributed by atoms with Gasteiger partial charge in [-0.25, -0.2) is 4.57 Å². The van der Waals surface area contributed by atoms with Crippen molar-refractivity contribution in [1.82, 2.24) is 0 Å². The molecule has 0 spiro atoms. The number of esters is 1. The van der Waals surface area contributed by atoms with E-state index in [1.165, 1.54) is 148 Å². The average molecular weight is 919 g/mol. The summed E-state index contributed by atoms with van der Waals surface area (Å²) in [5.74, 6) is -0.479. The Balaban J connectivity index is 2.33. The summed E-state index contributed by atoms with van der Waals surface area (Å²) in [4.78, 5) is 23.2. The number of phosphoric acid groups is 1. The Morgan fingerprint density at radius 2 is 0.841 bits per heavy atom. The second-order valence-corrected chi connectivity index (χ2v) is 19.4. The number of rotatable bonds is 44. The van der Waals surface area contributed by atoms with Crippen molar-refractivity contribution in [3.63, 3.8) is 0 Å². The molecule has 0 aromatic rings. The predicted molar refractivity (Wildman–Crippen MR) is 253 cm³/mol. The van der Waals surface area contributed by atoms with Gasteiger partial charge in [0.1, 0.15) is 42.7 Å². The van der Waals surface area contributed by atoms with E-state index in [1.54, 1.807) is 0 Å². The first-order valence-corrected chi connectivity index (χ1v) is 27.2. The maximum Gasteiger partial charge on any atom is 0.472 e. The molecular formula is C50H95O12P. The van der Waals surface area contributed by atoms with Gasteiger partial charge in [0.15, 0.2) is 0 Å². The largest absolute Gasteiger partial charge is 0.472 e. The van der Waals surface area contributed by atoms with E-state index in [-0.39, 0.29) is 13.0 Å². The van der Waals surface area contributed by atoms with Crippen LogP contribution in [0.4, 0.5) is 0 Å². The summed E-state index contributed by atoms with van der Waals surface area (Å²) in [6.07, 6.45) is 35.3. The standard InChI is InChI=1S/C50H95O12P/c1-3-5-7-9-11-13-15-17-19-20-21-22-23-24-25-27-29-31-33-35-37-39-44(51)61-43(42-60-63(57,58)62-50-48(55)46(53)45(52)47(54)49(50)56)41-59-40-38-36-34-32-30-28-26-18-16-14-12-10-8-6-4-2/h16,18,20-21,43,45-50,52-56H,3-15,17,19,22-42H2,1-2H3,(H,57,58)/b18-16-,21-20-. The molecular weight excluding hydrogens is 824 g/mol. The zero-order valence-electron chi connectivity index (χ0n) is 39.9. The normalized spacial score (nSPS) is 22.0. The highest BCUT2D eigenvalue weighted by Gasteiger charge is 2.51. The molecule has 1 aliphatic carbocycles. The van der Waals surface area contributed by atoms with Crippen LogP contribution in [0.3, 0.4) is 0 Å². The Morgan fingerprint density at radius 1 is 0.492 bits per heavy atom. The summed E-state index contributed by atoms with van der Waals surface area (Å²) >= 11 is 0. The second-order valence-electron chi connectivity index (χ2n) is 18.0. The first-order chi connectivity index (χ1) is 30.5. The molecule has 12 nitrogen and oxygen atoms in total. The molecule has 1 aliphatic rings. The van der Waals surface area contributed by atoms with Gasteiger partial charge in [0.2, 0.25) is 0 Å². The molecule has 0 aromatic heterocycles. The molecule has 1 saturated carbocycles. The minimum atomic E-state index is -5.02. The van der Waals surface area contributed by atoms with Crippen LogP contribution in [0, 0.1) is 0 Å². The third-order valence-corrected chi connectivity index (χ3v) is 13.0. The van der Waals surface area contributed by atoms with E-state index in [2.05, 4.69) is 38.2 Å². The monoisotopic (exact) mass is 919 g/mol. The van der Waals surface area contributed by atoms with E-state index in [0.29, 0.717) is 13.0 Å². The second kappa shape index (κ2) is 41.0. The Hall–Kier alpha value is -1.18. The number of hydrogen-bond acceptors (Lipinski definition) is 11. The van der Waals surface area contributed by atoms with Crippen molar-refractivity contribution in [2.24, 2.45) is 0 Å². The lowest BCUT2D eigenvalue weighted by molar-refractivity contribution is -0.220. The number of aliphatic hydroxyl groups excluding tert-OH is 5. The van der Waals surface area contributed by atoms with Gasteiger partial charge in [-0.3, -0.25) is 13.8 Å². The van der Waals surface area contributed by atoms with Gasteiger partial charge in [0.05, 0.1) is 13.2 Å². The van der Waals surface area contributed by atoms with Crippen LogP contribution < -0.4 is 0 Å². The Kier molecular flexibility index (Phi) is 39.0. The van der Waals surface area contributed by atoms with Crippen molar-refractivity contribution in [2.75, 3.05) is 19.8 Å². The molecule has 1 rings (SSSR count). The van der Waals surface area contributed by atoms with Crippen molar-refractivity contribution in [3.05, 3.63) is 24.3 Å². The van der Waals surface area contributed by atoms with E-state index < -0.39 is 63.1 Å². The molecule has 0 amide bonds. The fraction of sp³-hybridized carbons (Fsp3) is 0.900. The number of carbonyl (C=O) groups is 1. The van der Waals surface area contributed by atoms with Gasteiger partial charge in [-0.1, -0.05) is 179 Å². The summed E-state index contributed by atoms with van der Waals surface area (Å²) in [5, 5.41) is 50.3. The van der Waals surface area contributed by atoms with Crippen LogP contribution in [-0.4, -0.2) is 98.9 Å². The van der Waals surface area contributed by atoms with Gasteiger partial charge >= 0.3 is 13.8 Å². The minimum absolute atomic E-state index is 0.0788. The maximum absolute atomic E-state index is 12.8. The molecule has 6 unspecified atom stereocenters. The fourth-order valence-corrected chi connectivity index (χ4v) is 8.91. The lowest BCUT2D eigenvalue weighted by Crippen LogP contribution is -2.64. The van der Waals surface area contributed by atoms with Gasteiger partial charge in [-0.2, -0.15) is 0 Å². The van der Waals surface area contributed by atoms with Gasteiger partial charge in [-0.15, -0.1) is 0 Å². The van der Waals surface area contributed by atoms with Gasteiger partial charge in [0, 0.05) is 13.0 Å². The van der Waals surface area contributed by atoms with Crippen molar-refractivity contribution < 1.29 is 58.3 Å². The minimum Gasteiger partial charge on any atom is -0.457 e. The van der Waals surface area contributed by atoms with E-state index in [0.717, 1.165) is 51.4 Å². The van der Waals surface area contributed by atoms with Crippen LogP contribution in [0.5, 0.6) is 0 Å². The molecule has 63 heavy (non-hydrogen) atoms. The lowest BCUT2D eigenvalue weighted by atomic mass is 9.85. The number of carbonyl (C=O) groups excluding carboxylic acids is 1. The zero-order chi connectivity index (χ0) is 46.2. The van der Waals surface area contributed by atoms with E-state index in [1.807, 2.05) is 0 Å². The molecule has 6 N–H and O–H groups in total. The predicted octanol–water partition coefficient (Wildman–Crippen LogP) is 11.3. The van der Waals surface area contributed by atoms with Crippen LogP contribution in [0.1, 0.15) is 226 Å². The van der Waals surface area contributed by atoms with Gasteiger partial charge in [-0.05, 0) is 64.2 Å². The molecule has 0 aromatic carbocycles. The average Bonchev–Trinajstić information content (AvgIpc) is 3.27. The Labute approximate surface area is 383 Å². The first-order valence-electron chi connectivity index (χ1n) is 25.7. The lowest BCUT2D eigenvalue weighted by Gasteiger charge is -2.41. The summed E-state index contributed by atoms with van der Waals surface area (Å²) < 4.78 is 34.3. The van der Waals surface area contributed by atoms with Gasteiger partial charge < -0.3 is 39.9 Å². The Morgan fingerprint density at radius 3 is 1.25 bits per heavy atom. The quantitative estimate of drug-likeness (QED) is 0.0147. The van der Waals surface area contributed by atoms with Crippen LogP contribution >= 0.6 is 7.82 Å². The molecule has 1 fully saturated rings. The highest BCUT2D eigenvalue weighted by atomic mass is 31.2. The van der Waals surface area contributed by atoms with Crippen molar-refractivity contribution in [3.8, 4) is 0 Å². The van der Waals surface area contributed by atoms with Gasteiger partial charge in [0.25, 0.3) is 0 Å². The van der Waals surface area contributed by atoms with E-state index >= 15 is 0 Å². The zero-order valence-corrected chi connectivity index (χ0v) is 40.8. The maximum atomic E-state index is 12.8. The fourth-order valence-electron chi connectivity index (χ4n) is 7.93. The number of phosphoric ester groups is 1. The summed E-state index contributed by atoms with van der Waals surface area (Å²) in [6.45, 7) is 4.26. The van der Waals surface area contributed by atoms with E-state index in [9.17, 15) is 39.8 Å². The van der Waals surface area contributed by atoms with Crippen molar-refractivity contribution in [1.29, 1.82) is 0 Å². The topological polar surface area (TPSA) is 192 Å². The van der Waals surface area contributed by atoms with Crippen molar-refractivity contribution in [2.45, 2.75) is 268 Å². The number of ether oxygens (including phenoxy) is 2. The highest BCUT2D eigenvalue weighted by Crippen LogP contribution is 2.47. The summed E-state index contributed by atoms with van der Waals surface area (Å²) in [5.41, 5.74) is 0. The van der Waals surface area contributed by atoms with Crippen LogP contribution in [0.15, 0.2) is 24.3 Å². The molecule has 372 valence electrons. The van der Waals surface area contributed by atoms with E-state index in [4.69, 9.17) is 18.5 Å². The third kappa shape index (κ3) is 33.0. The smallest absolute Gasteiger partial charge is 0.457 e. The molecule has 0 heterocycles. The number of aliphatic hydroxyl groups is 5.